The summed E-state index contributed by atoms with van der Waals surface area (Å²) in [5, 5.41) is 3.28. The molecule has 200 valence electrons. The number of carbonyl (C=O) groups excluding carboxylic acids is 2. The van der Waals surface area contributed by atoms with Gasteiger partial charge in [0.15, 0.2) is 6.61 Å². The van der Waals surface area contributed by atoms with Crippen molar-refractivity contribution in [3.63, 3.8) is 0 Å². The fourth-order valence-electron chi connectivity index (χ4n) is 5.04. The molecule has 0 spiro atoms. The van der Waals surface area contributed by atoms with Gasteiger partial charge < -0.3 is 15.0 Å². The topological polar surface area (TPSA) is 58.6 Å². The number of hydrogen-bond donors (Lipinski definition) is 1. The molecule has 6 heteroatoms. The van der Waals surface area contributed by atoms with Crippen molar-refractivity contribution in [2.75, 3.05) is 6.61 Å². The van der Waals surface area contributed by atoms with Gasteiger partial charge in [0.05, 0.1) is 0 Å². The molecule has 0 aromatic heterocycles. The zero-order valence-corrected chi connectivity index (χ0v) is 23.9. The lowest BCUT2D eigenvalue weighted by Gasteiger charge is -2.33. The molecule has 1 N–H and O–H groups in total. The maximum absolute atomic E-state index is 13.8. The van der Waals surface area contributed by atoms with Gasteiger partial charge in [-0.1, -0.05) is 95.4 Å². The van der Waals surface area contributed by atoms with Gasteiger partial charge in [-0.3, -0.25) is 9.59 Å². The predicted octanol–water partition coefficient (Wildman–Crippen LogP) is 6.53. The maximum atomic E-state index is 13.8. The Kier molecular flexibility index (Phi) is 9.99. The first-order valence-corrected chi connectivity index (χ1v) is 14.3. The van der Waals surface area contributed by atoms with Crippen molar-refractivity contribution in [1.29, 1.82) is 0 Å². The van der Waals surface area contributed by atoms with Gasteiger partial charge in [0.1, 0.15) is 11.8 Å². The molecule has 0 aliphatic heterocycles. The van der Waals surface area contributed by atoms with E-state index in [1.54, 1.807) is 4.90 Å². The van der Waals surface area contributed by atoms with Crippen LogP contribution in [0.4, 0.5) is 0 Å². The molecule has 5 nitrogen and oxygen atoms in total. The molecule has 38 heavy (non-hydrogen) atoms. The molecule has 3 aromatic rings. The smallest absolute Gasteiger partial charge is 0.261 e. The Morgan fingerprint density at radius 3 is 2.39 bits per heavy atom. The lowest BCUT2D eigenvalue weighted by molar-refractivity contribution is -0.143. The summed E-state index contributed by atoms with van der Waals surface area (Å²) < 4.78 is 6.92. The van der Waals surface area contributed by atoms with Crippen LogP contribution in [0.2, 0.25) is 0 Å². The number of hydrogen-bond acceptors (Lipinski definition) is 3. The first-order chi connectivity index (χ1) is 18.4. The van der Waals surface area contributed by atoms with Gasteiger partial charge in [0.2, 0.25) is 5.91 Å². The summed E-state index contributed by atoms with van der Waals surface area (Å²) in [6, 6.07) is 23.2. The van der Waals surface area contributed by atoms with E-state index >= 15 is 0 Å². The van der Waals surface area contributed by atoms with Crippen LogP contribution >= 0.6 is 15.9 Å². The van der Waals surface area contributed by atoms with Crippen LogP contribution in [0.25, 0.3) is 0 Å². The van der Waals surface area contributed by atoms with Crippen molar-refractivity contribution in [1.82, 2.24) is 10.2 Å². The van der Waals surface area contributed by atoms with E-state index in [1.165, 1.54) is 6.42 Å². The highest BCUT2D eigenvalue weighted by Crippen LogP contribution is 2.23. The van der Waals surface area contributed by atoms with E-state index < -0.39 is 6.04 Å². The minimum absolute atomic E-state index is 0.0961. The Bertz CT molecular complexity index is 1220. The first kappa shape index (κ1) is 27.9. The van der Waals surface area contributed by atoms with Crippen molar-refractivity contribution in [3.05, 3.63) is 99.5 Å². The van der Waals surface area contributed by atoms with Gasteiger partial charge in [-0.25, -0.2) is 0 Å². The molecular formula is C32H37BrN2O3. The quantitative estimate of drug-likeness (QED) is 0.298. The van der Waals surface area contributed by atoms with Crippen LogP contribution in [0.3, 0.4) is 0 Å². The van der Waals surface area contributed by atoms with Gasteiger partial charge in [-0.15, -0.1) is 0 Å². The number of rotatable bonds is 10. The van der Waals surface area contributed by atoms with Crippen LogP contribution in [-0.4, -0.2) is 35.4 Å². The summed E-state index contributed by atoms with van der Waals surface area (Å²) >= 11 is 3.51. The fourth-order valence-corrected chi connectivity index (χ4v) is 5.29. The SMILES string of the molecule is Cc1cccc(CN(C(=O)COc2ccc(Br)c(C)c2)[C@@H](Cc2ccccc2)C(=O)NC2CCCCC2)c1. The molecule has 0 bridgehead atoms. The standard InChI is InChI=1S/C32H37BrN2O3/c1-23-10-9-13-26(18-23)21-35(31(36)22-38-28-16-17-29(33)24(2)19-28)30(20-25-11-5-3-6-12-25)32(37)34-27-14-7-4-8-15-27/h3,5-6,9-13,16-19,27,30H,4,7-8,14-15,20-22H2,1-2H3,(H,34,37)/t30-/m0/s1. The maximum Gasteiger partial charge on any atom is 0.261 e. The number of ether oxygens (including phenoxy) is 1. The zero-order chi connectivity index (χ0) is 26.9. The highest BCUT2D eigenvalue weighted by atomic mass is 79.9. The van der Waals surface area contributed by atoms with Crippen LogP contribution < -0.4 is 10.1 Å². The first-order valence-electron chi connectivity index (χ1n) is 13.5. The van der Waals surface area contributed by atoms with E-state index in [0.717, 1.165) is 52.4 Å². The summed E-state index contributed by atoms with van der Waals surface area (Å²) in [6.45, 7) is 4.20. The van der Waals surface area contributed by atoms with Crippen LogP contribution in [0, 0.1) is 13.8 Å². The third-order valence-corrected chi connectivity index (χ3v) is 8.04. The van der Waals surface area contributed by atoms with E-state index in [2.05, 4.69) is 27.3 Å². The Morgan fingerprint density at radius 1 is 0.947 bits per heavy atom. The summed E-state index contributed by atoms with van der Waals surface area (Å²) in [7, 11) is 0. The van der Waals surface area contributed by atoms with Crippen LogP contribution in [-0.2, 0) is 22.6 Å². The second kappa shape index (κ2) is 13.6. The van der Waals surface area contributed by atoms with Crippen LogP contribution in [0.15, 0.2) is 77.3 Å². The zero-order valence-electron chi connectivity index (χ0n) is 22.3. The molecule has 0 saturated heterocycles. The Labute approximate surface area is 234 Å². The van der Waals surface area contributed by atoms with Gasteiger partial charge in [-0.05, 0) is 61.6 Å². The number of amides is 2. The number of halogens is 1. The van der Waals surface area contributed by atoms with E-state index in [4.69, 9.17) is 4.74 Å². The van der Waals surface area contributed by atoms with Crippen LogP contribution in [0.5, 0.6) is 5.75 Å². The van der Waals surface area contributed by atoms with E-state index in [0.29, 0.717) is 18.7 Å². The molecule has 0 heterocycles. The summed E-state index contributed by atoms with van der Waals surface area (Å²) in [5.41, 5.74) is 4.15. The van der Waals surface area contributed by atoms with E-state index in [-0.39, 0.29) is 24.5 Å². The van der Waals surface area contributed by atoms with E-state index in [1.807, 2.05) is 80.6 Å². The second-order valence-corrected chi connectivity index (χ2v) is 11.1. The third-order valence-electron chi connectivity index (χ3n) is 7.15. The summed E-state index contributed by atoms with van der Waals surface area (Å²) in [4.78, 5) is 29.3. The number of benzene rings is 3. The monoisotopic (exact) mass is 576 g/mol. The number of nitrogens with one attached hydrogen (secondary N) is 1. The Morgan fingerprint density at radius 2 is 1.68 bits per heavy atom. The Balaban J connectivity index is 1.61. The van der Waals surface area contributed by atoms with Crippen molar-refractivity contribution in [2.45, 2.75) is 71.0 Å². The van der Waals surface area contributed by atoms with Crippen molar-refractivity contribution < 1.29 is 14.3 Å². The molecule has 1 fully saturated rings. The normalized spacial score (nSPS) is 14.5. The lowest BCUT2D eigenvalue weighted by Crippen LogP contribution is -2.53. The third kappa shape index (κ3) is 7.94. The largest absolute Gasteiger partial charge is 0.484 e. The molecule has 3 aromatic carbocycles. The predicted molar refractivity (Wildman–Crippen MR) is 155 cm³/mol. The molecule has 4 rings (SSSR count). The molecular weight excluding hydrogens is 540 g/mol. The highest BCUT2D eigenvalue weighted by Gasteiger charge is 2.32. The molecule has 0 unspecified atom stereocenters. The van der Waals surface area contributed by atoms with Crippen molar-refractivity contribution in [2.24, 2.45) is 0 Å². The minimum Gasteiger partial charge on any atom is -0.484 e. The highest BCUT2D eigenvalue weighted by molar-refractivity contribution is 9.10. The molecule has 2 amide bonds. The van der Waals surface area contributed by atoms with Gasteiger partial charge in [0.25, 0.3) is 5.91 Å². The molecule has 1 saturated carbocycles. The molecule has 1 atom stereocenters. The minimum atomic E-state index is -0.650. The summed E-state index contributed by atoms with van der Waals surface area (Å²) in [6.07, 6.45) is 5.88. The van der Waals surface area contributed by atoms with Gasteiger partial charge in [-0.2, -0.15) is 0 Å². The lowest BCUT2D eigenvalue weighted by atomic mass is 9.94. The number of carbonyl (C=O) groups is 2. The van der Waals surface area contributed by atoms with Crippen molar-refractivity contribution >= 4 is 27.7 Å². The van der Waals surface area contributed by atoms with Gasteiger partial charge >= 0.3 is 0 Å². The average Bonchev–Trinajstić information content (AvgIpc) is 2.92. The fraction of sp³-hybridized carbons (Fsp3) is 0.375. The second-order valence-electron chi connectivity index (χ2n) is 10.3. The summed E-state index contributed by atoms with van der Waals surface area (Å²) in [5.74, 6) is 0.314. The number of nitrogens with zero attached hydrogens (tertiary/aromatic N) is 1. The van der Waals surface area contributed by atoms with Gasteiger partial charge in [0, 0.05) is 23.5 Å². The Hall–Kier alpha value is -3.12. The van der Waals surface area contributed by atoms with Crippen molar-refractivity contribution in [3.8, 4) is 5.75 Å². The van der Waals surface area contributed by atoms with E-state index in [9.17, 15) is 9.59 Å². The van der Waals surface area contributed by atoms with Crippen LogP contribution in [0.1, 0.15) is 54.4 Å². The molecule has 1 aliphatic rings. The average molecular weight is 578 g/mol. The molecule has 1 aliphatic carbocycles. The molecule has 0 radical (unpaired) electrons. The number of aryl methyl sites for hydroxylation is 2.